The third kappa shape index (κ3) is 3.03. The van der Waals surface area contributed by atoms with Crippen LogP contribution < -0.4 is 4.74 Å². The van der Waals surface area contributed by atoms with Crippen LogP contribution in [0.4, 0.5) is 0 Å². The van der Waals surface area contributed by atoms with Crippen LogP contribution >= 0.6 is 23.4 Å². The Hall–Kier alpha value is -2.31. The minimum atomic E-state index is 0.166. The van der Waals surface area contributed by atoms with Crippen LogP contribution in [0.25, 0.3) is 11.4 Å². The van der Waals surface area contributed by atoms with Gasteiger partial charge in [-0.1, -0.05) is 35.5 Å². The van der Waals surface area contributed by atoms with Crippen molar-refractivity contribution >= 4 is 29.1 Å². The van der Waals surface area contributed by atoms with E-state index in [2.05, 4.69) is 17.1 Å². The molecule has 4 rings (SSSR count). The first-order valence-corrected chi connectivity index (χ1v) is 9.03. The Balaban J connectivity index is 1.79. The number of hydrogen-bond acceptors (Lipinski definition) is 5. The second-order valence-corrected chi connectivity index (χ2v) is 7.35. The maximum atomic E-state index is 6.14. The van der Waals surface area contributed by atoms with Crippen LogP contribution in [0.15, 0.2) is 58.8 Å². The molecule has 5 nitrogen and oxygen atoms in total. The molecule has 1 aliphatic rings. The zero-order valence-electron chi connectivity index (χ0n) is 13.7. The van der Waals surface area contributed by atoms with Crippen molar-refractivity contribution in [1.29, 1.82) is 0 Å². The summed E-state index contributed by atoms with van der Waals surface area (Å²) in [7, 11) is 1.65. The van der Waals surface area contributed by atoms with Crippen LogP contribution in [-0.2, 0) is 0 Å². The van der Waals surface area contributed by atoms with Gasteiger partial charge in [0.1, 0.15) is 5.75 Å². The molecule has 2 aromatic carbocycles. The molecule has 0 fully saturated rings. The molecule has 7 heteroatoms. The maximum Gasteiger partial charge on any atom is 0.213 e. The van der Waals surface area contributed by atoms with E-state index in [9.17, 15) is 0 Å². The number of hydrogen-bond donors (Lipinski definition) is 0. The summed E-state index contributed by atoms with van der Waals surface area (Å²) < 4.78 is 7.01. The number of ether oxygens (including phenoxy) is 1. The molecule has 0 unspecified atom stereocenters. The number of rotatable bonds is 3. The lowest BCUT2D eigenvalue weighted by Gasteiger charge is -2.20. The molecule has 0 spiro atoms. The molecule has 0 N–H and O–H groups in total. The summed E-state index contributed by atoms with van der Waals surface area (Å²) in [6, 6.07) is 15.4. The number of fused-ring (bicyclic) bond motifs is 1. The van der Waals surface area contributed by atoms with Crippen LogP contribution in [0.3, 0.4) is 0 Å². The van der Waals surface area contributed by atoms with Gasteiger partial charge in [0.25, 0.3) is 0 Å². The fourth-order valence-corrected chi connectivity index (χ4v) is 3.81. The summed E-state index contributed by atoms with van der Waals surface area (Å²) in [5.74, 6) is 1.50. The predicted molar refractivity (Wildman–Crippen MR) is 101 cm³/mol. The van der Waals surface area contributed by atoms with Crippen molar-refractivity contribution in [3.63, 3.8) is 0 Å². The van der Waals surface area contributed by atoms with E-state index in [1.165, 1.54) is 0 Å². The molecule has 126 valence electrons. The molecular formula is C18H15ClN4OS. The molecule has 0 bridgehead atoms. The Bertz CT molecular complexity index is 952. The highest BCUT2D eigenvalue weighted by atomic mass is 35.5. The lowest BCUT2D eigenvalue weighted by Crippen LogP contribution is -2.21. The quantitative estimate of drug-likeness (QED) is 0.687. The first-order chi connectivity index (χ1) is 12.2. The van der Waals surface area contributed by atoms with Crippen LogP contribution in [0.5, 0.6) is 5.75 Å². The van der Waals surface area contributed by atoms with Crippen molar-refractivity contribution in [2.75, 3.05) is 7.11 Å². The predicted octanol–water partition coefficient (Wildman–Crippen LogP) is 4.35. The van der Waals surface area contributed by atoms with E-state index < -0.39 is 0 Å². The van der Waals surface area contributed by atoms with E-state index in [-0.39, 0.29) is 5.25 Å². The summed E-state index contributed by atoms with van der Waals surface area (Å²) in [6.45, 7) is 2.11. The molecule has 1 aromatic heterocycles. The van der Waals surface area contributed by atoms with Gasteiger partial charge in [-0.2, -0.15) is 9.78 Å². The van der Waals surface area contributed by atoms with Gasteiger partial charge in [0.15, 0.2) is 5.82 Å². The topological polar surface area (TPSA) is 52.3 Å². The smallest absolute Gasteiger partial charge is 0.213 e. The second-order valence-electron chi connectivity index (χ2n) is 5.60. The summed E-state index contributed by atoms with van der Waals surface area (Å²) in [5, 5.41) is 15.1. The molecule has 0 saturated heterocycles. The van der Waals surface area contributed by atoms with Crippen molar-refractivity contribution in [2.24, 2.45) is 5.10 Å². The van der Waals surface area contributed by atoms with Crippen molar-refractivity contribution < 1.29 is 4.74 Å². The Labute approximate surface area is 154 Å². The van der Waals surface area contributed by atoms with Crippen molar-refractivity contribution in [2.45, 2.75) is 17.3 Å². The summed E-state index contributed by atoms with van der Waals surface area (Å²) >= 11 is 7.78. The third-order valence-electron chi connectivity index (χ3n) is 3.96. The first kappa shape index (κ1) is 16.2. The van der Waals surface area contributed by atoms with Gasteiger partial charge in [-0.3, -0.25) is 0 Å². The molecule has 3 aromatic rings. The SMILES string of the molecule is COc1ccc(-c2nnc3n2N=C(c2cccc(Cl)c2)[C@@H](C)S3)cc1. The lowest BCUT2D eigenvalue weighted by atomic mass is 10.1. The van der Waals surface area contributed by atoms with Crippen LogP contribution in [0, 0.1) is 0 Å². The monoisotopic (exact) mass is 370 g/mol. The number of methoxy groups -OCH3 is 1. The molecular weight excluding hydrogens is 356 g/mol. The third-order valence-corrected chi connectivity index (χ3v) is 5.23. The zero-order chi connectivity index (χ0) is 17.4. The van der Waals surface area contributed by atoms with Crippen LogP contribution in [-0.4, -0.2) is 32.9 Å². The Morgan fingerprint density at radius 3 is 2.60 bits per heavy atom. The van der Waals surface area contributed by atoms with E-state index in [0.29, 0.717) is 10.8 Å². The van der Waals surface area contributed by atoms with Crippen molar-refractivity contribution in [3.8, 4) is 17.1 Å². The average Bonchev–Trinajstić information content (AvgIpc) is 3.03. The van der Waals surface area contributed by atoms with Crippen LogP contribution in [0.1, 0.15) is 12.5 Å². The molecule has 0 radical (unpaired) electrons. The molecule has 0 aliphatic carbocycles. The fourth-order valence-electron chi connectivity index (χ4n) is 2.69. The fraction of sp³-hybridized carbons (Fsp3) is 0.167. The van der Waals surface area contributed by atoms with Gasteiger partial charge < -0.3 is 4.74 Å². The highest BCUT2D eigenvalue weighted by Gasteiger charge is 2.26. The lowest BCUT2D eigenvalue weighted by molar-refractivity contribution is 0.415. The first-order valence-electron chi connectivity index (χ1n) is 7.77. The average molecular weight is 371 g/mol. The van der Waals surface area contributed by atoms with E-state index in [1.54, 1.807) is 23.5 Å². The molecule has 1 aliphatic heterocycles. The normalized spacial score (nSPS) is 16.3. The Morgan fingerprint density at radius 2 is 1.88 bits per heavy atom. The van der Waals surface area contributed by atoms with Gasteiger partial charge in [0.05, 0.1) is 18.1 Å². The van der Waals surface area contributed by atoms with E-state index in [0.717, 1.165) is 27.7 Å². The van der Waals surface area contributed by atoms with E-state index in [1.807, 2.05) is 48.5 Å². The minimum absolute atomic E-state index is 0.166. The summed E-state index contributed by atoms with van der Waals surface area (Å²) in [6.07, 6.45) is 0. The standard InChI is InChI=1S/C18H15ClN4OS/c1-11-16(13-4-3-5-14(19)10-13)22-23-17(20-21-18(23)25-11)12-6-8-15(24-2)9-7-12/h3-11H,1-2H3/t11-/m1/s1. The summed E-state index contributed by atoms with van der Waals surface area (Å²) in [5.41, 5.74) is 2.89. The highest BCUT2D eigenvalue weighted by molar-refractivity contribution is 8.00. The van der Waals surface area contributed by atoms with Gasteiger partial charge in [-0.25, -0.2) is 0 Å². The van der Waals surface area contributed by atoms with Gasteiger partial charge in [-0.15, -0.1) is 10.2 Å². The van der Waals surface area contributed by atoms with Crippen LogP contribution in [0.2, 0.25) is 5.02 Å². The Kier molecular flexibility index (Phi) is 4.23. The maximum absolute atomic E-state index is 6.14. The number of benzene rings is 2. The van der Waals surface area contributed by atoms with Gasteiger partial charge in [0.2, 0.25) is 5.16 Å². The number of thioether (sulfide) groups is 1. The molecule has 0 amide bonds. The van der Waals surface area contributed by atoms with Gasteiger partial charge in [-0.05, 0) is 43.3 Å². The molecule has 1 atom stereocenters. The van der Waals surface area contributed by atoms with Crippen molar-refractivity contribution in [3.05, 3.63) is 59.1 Å². The largest absolute Gasteiger partial charge is 0.497 e. The number of nitrogens with zero attached hydrogens (tertiary/aromatic N) is 4. The number of aromatic nitrogens is 3. The van der Waals surface area contributed by atoms with Crippen molar-refractivity contribution in [1.82, 2.24) is 14.9 Å². The van der Waals surface area contributed by atoms with Gasteiger partial charge in [0, 0.05) is 16.1 Å². The van der Waals surface area contributed by atoms with E-state index >= 15 is 0 Å². The highest BCUT2D eigenvalue weighted by Crippen LogP contribution is 2.33. The second kappa shape index (κ2) is 6.54. The number of halogens is 1. The minimum Gasteiger partial charge on any atom is -0.497 e. The Morgan fingerprint density at radius 1 is 1.08 bits per heavy atom. The molecule has 0 saturated carbocycles. The van der Waals surface area contributed by atoms with E-state index in [4.69, 9.17) is 21.4 Å². The zero-order valence-corrected chi connectivity index (χ0v) is 15.3. The van der Waals surface area contributed by atoms with Gasteiger partial charge >= 0.3 is 0 Å². The molecule has 2 heterocycles. The summed E-state index contributed by atoms with van der Waals surface area (Å²) in [4.78, 5) is 0. The molecule has 25 heavy (non-hydrogen) atoms.